The number of imide groups is 1. The Morgan fingerprint density at radius 2 is 1.15 bits per heavy atom. The number of anilines is 1. The van der Waals surface area contributed by atoms with Crippen molar-refractivity contribution in [1.29, 1.82) is 0 Å². The van der Waals surface area contributed by atoms with Crippen LogP contribution >= 0.6 is 0 Å². The molecule has 1 aliphatic heterocycles. The Kier molecular flexibility index (Phi) is 5.38. The molecule has 0 saturated carbocycles. The molecule has 1 aliphatic carbocycles. The molecule has 2 aliphatic rings. The van der Waals surface area contributed by atoms with Crippen LogP contribution in [-0.4, -0.2) is 17.8 Å². The van der Waals surface area contributed by atoms with E-state index in [1.165, 1.54) is 11.8 Å². The van der Waals surface area contributed by atoms with Crippen LogP contribution in [0.1, 0.15) is 29.9 Å². The van der Waals surface area contributed by atoms with Gasteiger partial charge in [-0.15, -0.1) is 0 Å². The van der Waals surface area contributed by atoms with Gasteiger partial charge in [-0.3, -0.25) is 14.4 Å². The number of carbonyl (C=O) groups is 3. The third-order valence-electron chi connectivity index (χ3n) is 6.42. The maximum absolute atomic E-state index is 13.8. The van der Waals surface area contributed by atoms with Gasteiger partial charge in [-0.05, 0) is 35.4 Å². The molecule has 0 N–H and O–H groups in total. The van der Waals surface area contributed by atoms with E-state index in [-0.39, 0.29) is 23.7 Å². The summed E-state index contributed by atoms with van der Waals surface area (Å²) in [5.74, 6) is -1.82. The number of rotatable bonds is 4. The van der Waals surface area contributed by atoms with E-state index in [2.05, 4.69) is 12.2 Å². The normalized spacial score (nSPS) is 24.0. The zero-order valence-corrected chi connectivity index (χ0v) is 18.1. The summed E-state index contributed by atoms with van der Waals surface area (Å²) in [5, 5.41) is 0. The van der Waals surface area contributed by atoms with Gasteiger partial charge in [-0.1, -0.05) is 72.8 Å². The summed E-state index contributed by atoms with van der Waals surface area (Å²) in [6.07, 6.45) is 4.15. The van der Waals surface area contributed by atoms with E-state index in [1.807, 2.05) is 60.7 Å². The first-order valence-electron chi connectivity index (χ1n) is 11.0. The smallest absolute Gasteiger partial charge is 0.308 e. The summed E-state index contributed by atoms with van der Waals surface area (Å²) >= 11 is 0. The van der Waals surface area contributed by atoms with Crippen LogP contribution in [0.4, 0.5) is 5.69 Å². The molecule has 5 heteroatoms. The van der Waals surface area contributed by atoms with Gasteiger partial charge in [-0.25, -0.2) is 4.90 Å². The minimum atomic E-state index is -0.497. The molecule has 3 aromatic carbocycles. The maximum atomic E-state index is 13.8. The molecule has 2 amide bonds. The average Bonchev–Trinajstić information content (AvgIpc) is 3.10. The van der Waals surface area contributed by atoms with Crippen LogP contribution in [0, 0.1) is 11.8 Å². The van der Waals surface area contributed by atoms with Crippen LogP contribution in [0.25, 0.3) is 0 Å². The SMILES string of the molecule is CC(=O)Oc1ccc(N2C(=O)[C@@H]3[C@H](C2=O)[C@H](c2ccccc2)C=C[C@H]3c2ccccc2)cc1. The molecule has 1 saturated heterocycles. The zero-order valence-electron chi connectivity index (χ0n) is 18.1. The number of benzene rings is 3. The zero-order chi connectivity index (χ0) is 22.9. The number of esters is 1. The molecular formula is C28H23NO4. The van der Waals surface area contributed by atoms with E-state index in [9.17, 15) is 14.4 Å². The molecule has 0 aromatic heterocycles. The number of fused-ring (bicyclic) bond motifs is 1. The standard InChI is InChI=1S/C28H23NO4/c1-18(30)33-22-14-12-21(13-15-22)29-27(31)25-23(19-8-4-2-5-9-19)16-17-24(26(25)28(29)32)20-10-6-3-7-11-20/h2-17,23-26H,1H3/t23-,24-,25-,26+/m0/s1. The van der Waals surface area contributed by atoms with Crippen molar-refractivity contribution in [2.45, 2.75) is 18.8 Å². The fourth-order valence-electron chi connectivity index (χ4n) is 5.02. The number of nitrogens with zero attached hydrogens (tertiary/aromatic N) is 1. The first-order chi connectivity index (χ1) is 16.0. The molecule has 0 bridgehead atoms. The molecule has 1 heterocycles. The second-order valence-corrected chi connectivity index (χ2v) is 8.41. The van der Waals surface area contributed by atoms with Crippen LogP contribution in [-0.2, 0) is 14.4 Å². The largest absolute Gasteiger partial charge is 0.427 e. The number of carbonyl (C=O) groups excluding carboxylic acids is 3. The molecule has 3 aromatic rings. The van der Waals surface area contributed by atoms with Crippen molar-refractivity contribution in [3.8, 4) is 5.75 Å². The van der Waals surface area contributed by atoms with Gasteiger partial charge in [0, 0.05) is 18.8 Å². The number of amides is 2. The van der Waals surface area contributed by atoms with Crippen molar-refractivity contribution in [2.75, 3.05) is 4.90 Å². The van der Waals surface area contributed by atoms with Crippen molar-refractivity contribution >= 4 is 23.5 Å². The van der Waals surface area contributed by atoms with Gasteiger partial charge in [0.25, 0.3) is 0 Å². The molecule has 164 valence electrons. The molecule has 4 atom stereocenters. The van der Waals surface area contributed by atoms with Crippen LogP contribution in [0.15, 0.2) is 97.1 Å². The van der Waals surface area contributed by atoms with Crippen molar-refractivity contribution in [1.82, 2.24) is 0 Å². The van der Waals surface area contributed by atoms with Crippen LogP contribution in [0.5, 0.6) is 5.75 Å². The molecule has 33 heavy (non-hydrogen) atoms. The van der Waals surface area contributed by atoms with E-state index >= 15 is 0 Å². The Morgan fingerprint density at radius 3 is 1.58 bits per heavy atom. The average molecular weight is 437 g/mol. The summed E-state index contributed by atoms with van der Waals surface area (Å²) in [6, 6.07) is 26.2. The van der Waals surface area contributed by atoms with Gasteiger partial charge in [0.1, 0.15) is 5.75 Å². The van der Waals surface area contributed by atoms with Crippen LogP contribution in [0.3, 0.4) is 0 Å². The number of allylic oxidation sites excluding steroid dienone is 2. The summed E-state index contributed by atoms with van der Waals surface area (Å²) < 4.78 is 5.09. The van der Waals surface area contributed by atoms with Gasteiger partial charge in [0.2, 0.25) is 11.8 Å². The topological polar surface area (TPSA) is 63.7 Å². The fourth-order valence-corrected chi connectivity index (χ4v) is 5.02. The lowest BCUT2D eigenvalue weighted by molar-refractivity contribution is -0.132. The Balaban J connectivity index is 1.56. The first-order valence-corrected chi connectivity index (χ1v) is 11.0. The quantitative estimate of drug-likeness (QED) is 0.253. The number of hydrogen-bond acceptors (Lipinski definition) is 4. The number of hydrogen-bond donors (Lipinski definition) is 0. The lowest BCUT2D eigenvalue weighted by Gasteiger charge is -2.32. The third-order valence-corrected chi connectivity index (χ3v) is 6.42. The molecule has 5 rings (SSSR count). The highest BCUT2D eigenvalue weighted by Crippen LogP contribution is 2.50. The predicted octanol–water partition coefficient (Wildman–Crippen LogP) is 4.85. The summed E-state index contributed by atoms with van der Waals surface area (Å²) in [7, 11) is 0. The third kappa shape index (κ3) is 3.76. The van der Waals surface area contributed by atoms with Gasteiger partial charge in [-0.2, -0.15) is 0 Å². The lowest BCUT2D eigenvalue weighted by Crippen LogP contribution is -2.31. The number of ether oxygens (including phenoxy) is 1. The minimum Gasteiger partial charge on any atom is -0.427 e. The Hall–Kier alpha value is -3.99. The Morgan fingerprint density at radius 1 is 0.697 bits per heavy atom. The highest BCUT2D eigenvalue weighted by atomic mass is 16.5. The van der Waals surface area contributed by atoms with E-state index in [0.29, 0.717) is 11.4 Å². The van der Waals surface area contributed by atoms with Crippen molar-refractivity contribution in [3.05, 3.63) is 108 Å². The molecular weight excluding hydrogens is 414 g/mol. The Labute approximate surface area is 192 Å². The molecule has 1 fully saturated rings. The molecule has 0 radical (unpaired) electrons. The maximum Gasteiger partial charge on any atom is 0.308 e. The van der Waals surface area contributed by atoms with Gasteiger partial charge >= 0.3 is 5.97 Å². The summed E-state index contributed by atoms with van der Waals surface area (Å²) in [6.45, 7) is 1.33. The van der Waals surface area contributed by atoms with Crippen molar-refractivity contribution < 1.29 is 19.1 Å². The molecule has 0 spiro atoms. The van der Waals surface area contributed by atoms with E-state index in [4.69, 9.17) is 4.74 Å². The predicted molar refractivity (Wildman–Crippen MR) is 125 cm³/mol. The van der Waals surface area contributed by atoms with E-state index in [0.717, 1.165) is 11.1 Å². The highest BCUT2D eigenvalue weighted by Gasteiger charge is 2.55. The molecule has 0 unspecified atom stereocenters. The van der Waals surface area contributed by atoms with Crippen molar-refractivity contribution in [2.24, 2.45) is 11.8 Å². The Bertz CT molecular complexity index is 1150. The van der Waals surface area contributed by atoms with Crippen molar-refractivity contribution in [3.63, 3.8) is 0 Å². The van der Waals surface area contributed by atoms with Gasteiger partial charge in [0.05, 0.1) is 17.5 Å². The highest BCUT2D eigenvalue weighted by molar-refractivity contribution is 6.23. The van der Waals surface area contributed by atoms with Crippen LogP contribution < -0.4 is 9.64 Å². The van der Waals surface area contributed by atoms with E-state index in [1.54, 1.807) is 24.3 Å². The second kappa shape index (κ2) is 8.51. The lowest BCUT2D eigenvalue weighted by atomic mass is 9.68. The van der Waals surface area contributed by atoms with E-state index < -0.39 is 17.8 Å². The summed E-state index contributed by atoms with van der Waals surface area (Å²) in [5.41, 5.74) is 2.51. The minimum absolute atomic E-state index is 0.182. The fraction of sp³-hybridized carbons (Fsp3) is 0.179. The molecule has 5 nitrogen and oxygen atoms in total. The van der Waals surface area contributed by atoms with Gasteiger partial charge < -0.3 is 4.74 Å². The van der Waals surface area contributed by atoms with Crippen LogP contribution in [0.2, 0.25) is 0 Å². The second-order valence-electron chi connectivity index (χ2n) is 8.41. The monoisotopic (exact) mass is 437 g/mol. The van der Waals surface area contributed by atoms with Gasteiger partial charge in [0.15, 0.2) is 0 Å². The summed E-state index contributed by atoms with van der Waals surface area (Å²) in [4.78, 5) is 40.0. The first kappa shape index (κ1) is 20.9.